The number of likely N-dealkylation sites (N-methyl/N-ethyl adjacent to an activating group) is 1. The van der Waals surface area contributed by atoms with Crippen molar-refractivity contribution in [3.8, 4) is 0 Å². The van der Waals surface area contributed by atoms with Crippen LogP contribution in [0.5, 0.6) is 0 Å². The molecule has 1 N–H and O–H groups in total. The highest BCUT2D eigenvalue weighted by molar-refractivity contribution is 6.14. The summed E-state index contributed by atoms with van der Waals surface area (Å²) in [6.07, 6.45) is 1.38. The molecule has 1 fully saturated rings. The maximum absolute atomic E-state index is 12.7. The summed E-state index contributed by atoms with van der Waals surface area (Å²) < 4.78 is 0. The highest BCUT2D eigenvalue weighted by atomic mass is 16.2. The van der Waals surface area contributed by atoms with Gasteiger partial charge >= 0.3 is 0 Å². The summed E-state index contributed by atoms with van der Waals surface area (Å²) in [6.45, 7) is 3.90. The topological polar surface area (TPSA) is 61.8 Å². The van der Waals surface area contributed by atoms with E-state index in [1.807, 2.05) is 31.2 Å². The maximum atomic E-state index is 12.7. The van der Waals surface area contributed by atoms with Gasteiger partial charge in [0.05, 0.1) is 11.4 Å². The van der Waals surface area contributed by atoms with Crippen LogP contribution in [0.1, 0.15) is 32.3 Å². The number of nitrogens with one attached hydrogen (secondary N) is 1. The van der Waals surface area contributed by atoms with E-state index < -0.39 is 6.17 Å². The van der Waals surface area contributed by atoms with Crippen molar-refractivity contribution in [3.05, 3.63) is 29.8 Å². The van der Waals surface area contributed by atoms with Crippen LogP contribution in [-0.4, -0.2) is 30.2 Å². The molecular formula is C16H19N3O2. The van der Waals surface area contributed by atoms with Gasteiger partial charge in [0.15, 0.2) is 0 Å². The molecule has 21 heavy (non-hydrogen) atoms. The Balaban J connectivity index is 2.11. The zero-order chi connectivity index (χ0) is 15.0. The first-order valence-electron chi connectivity index (χ1n) is 7.37. The van der Waals surface area contributed by atoms with Crippen LogP contribution in [0.4, 0.5) is 5.69 Å². The zero-order valence-electron chi connectivity index (χ0n) is 12.3. The minimum Gasteiger partial charge on any atom is -0.327 e. The van der Waals surface area contributed by atoms with E-state index in [-0.39, 0.29) is 11.8 Å². The molecule has 5 nitrogen and oxygen atoms in total. The average molecular weight is 285 g/mol. The molecule has 0 saturated heterocycles. The molecule has 0 radical (unpaired) electrons. The highest BCUT2D eigenvalue weighted by Crippen LogP contribution is 2.37. The van der Waals surface area contributed by atoms with E-state index in [1.165, 1.54) is 6.92 Å². The first-order chi connectivity index (χ1) is 10.1. The normalized spacial score (nSPS) is 21.4. The Morgan fingerprint density at radius 2 is 2.10 bits per heavy atom. The number of carbonyl (C=O) groups excluding carboxylic acids is 2. The molecule has 1 aliphatic heterocycles. The molecule has 0 bridgehead atoms. The zero-order valence-corrected chi connectivity index (χ0v) is 12.3. The molecule has 2 amide bonds. The third-order valence-corrected chi connectivity index (χ3v) is 3.86. The Morgan fingerprint density at radius 3 is 2.71 bits per heavy atom. The van der Waals surface area contributed by atoms with Gasteiger partial charge in [0, 0.05) is 24.9 Å². The van der Waals surface area contributed by atoms with Crippen molar-refractivity contribution in [2.24, 2.45) is 10.9 Å². The van der Waals surface area contributed by atoms with Crippen LogP contribution in [0.25, 0.3) is 0 Å². The number of fused-ring (bicyclic) bond motifs is 1. The van der Waals surface area contributed by atoms with E-state index in [2.05, 4.69) is 10.3 Å². The Morgan fingerprint density at radius 1 is 1.38 bits per heavy atom. The number of aliphatic imine (C=N–C) groups is 1. The Labute approximate surface area is 124 Å². The van der Waals surface area contributed by atoms with Crippen molar-refractivity contribution in [3.63, 3.8) is 0 Å². The first kappa shape index (κ1) is 13.8. The van der Waals surface area contributed by atoms with Crippen molar-refractivity contribution in [2.45, 2.75) is 32.9 Å². The maximum Gasteiger partial charge on any atom is 0.272 e. The van der Waals surface area contributed by atoms with Gasteiger partial charge in [-0.3, -0.25) is 14.6 Å². The van der Waals surface area contributed by atoms with Gasteiger partial charge in [-0.2, -0.15) is 0 Å². The fraction of sp³-hybridized carbons (Fsp3) is 0.438. The fourth-order valence-electron chi connectivity index (χ4n) is 2.75. The lowest BCUT2D eigenvalue weighted by Gasteiger charge is -2.23. The lowest BCUT2D eigenvalue weighted by Crippen LogP contribution is -2.46. The van der Waals surface area contributed by atoms with E-state index in [4.69, 9.17) is 0 Å². The number of hydrogen-bond acceptors (Lipinski definition) is 3. The molecule has 1 atom stereocenters. The van der Waals surface area contributed by atoms with E-state index >= 15 is 0 Å². The van der Waals surface area contributed by atoms with Crippen molar-refractivity contribution in [2.75, 3.05) is 11.4 Å². The van der Waals surface area contributed by atoms with Crippen LogP contribution >= 0.6 is 0 Å². The standard InChI is InChI=1S/C16H19N3O2/c1-3-19-13-7-5-4-6-12(13)14(11-8-9-11)18-15(16(19)21)17-10(2)20/h4-7,11,15H,3,8-9H2,1-2H3,(H,17,20). The third-order valence-electron chi connectivity index (χ3n) is 3.86. The van der Waals surface area contributed by atoms with Crippen LogP contribution in [0, 0.1) is 5.92 Å². The molecule has 1 aromatic rings. The number of hydrogen-bond donors (Lipinski definition) is 1. The minimum atomic E-state index is -0.814. The number of nitrogens with zero attached hydrogens (tertiary/aromatic N) is 2. The fourth-order valence-corrected chi connectivity index (χ4v) is 2.75. The molecule has 0 aromatic heterocycles. The Kier molecular flexibility index (Phi) is 3.49. The number of amides is 2. The van der Waals surface area contributed by atoms with Gasteiger partial charge in [-0.1, -0.05) is 18.2 Å². The summed E-state index contributed by atoms with van der Waals surface area (Å²) >= 11 is 0. The smallest absolute Gasteiger partial charge is 0.272 e. The number of carbonyl (C=O) groups is 2. The van der Waals surface area contributed by atoms with Gasteiger partial charge in [-0.25, -0.2) is 0 Å². The van der Waals surface area contributed by atoms with Gasteiger partial charge in [0.1, 0.15) is 0 Å². The molecule has 110 valence electrons. The summed E-state index contributed by atoms with van der Waals surface area (Å²) in [5.41, 5.74) is 2.86. The van der Waals surface area contributed by atoms with Crippen molar-refractivity contribution >= 4 is 23.2 Å². The van der Waals surface area contributed by atoms with Crippen LogP contribution in [0.3, 0.4) is 0 Å². The first-order valence-corrected chi connectivity index (χ1v) is 7.37. The van der Waals surface area contributed by atoms with Crippen LogP contribution in [0.15, 0.2) is 29.3 Å². The molecule has 3 rings (SSSR count). The van der Waals surface area contributed by atoms with E-state index in [9.17, 15) is 9.59 Å². The molecule has 1 aromatic carbocycles. The minimum absolute atomic E-state index is 0.171. The van der Waals surface area contributed by atoms with Crippen molar-refractivity contribution in [1.29, 1.82) is 0 Å². The van der Waals surface area contributed by atoms with Gasteiger partial charge in [0.25, 0.3) is 5.91 Å². The Bertz CT molecular complexity index is 620. The summed E-state index contributed by atoms with van der Waals surface area (Å²) in [5, 5.41) is 2.67. The monoisotopic (exact) mass is 285 g/mol. The molecule has 5 heteroatoms. The molecular weight excluding hydrogens is 266 g/mol. The van der Waals surface area contributed by atoms with Crippen molar-refractivity contribution < 1.29 is 9.59 Å². The lowest BCUT2D eigenvalue weighted by atomic mass is 10.0. The van der Waals surface area contributed by atoms with Gasteiger partial charge in [0.2, 0.25) is 12.1 Å². The molecule has 1 heterocycles. The second kappa shape index (κ2) is 5.31. The number of rotatable bonds is 3. The number of benzodiazepines with no additional fused rings is 1. The van der Waals surface area contributed by atoms with Gasteiger partial charge < -0.3 is 10.2 Å². The van der Waals surface area contributed by atoms with Gasteiger partial charge in [-0.15, -0.1) is 0 Å². The van der Waals surface area contributed by atoms with Crippen LogP contribution in [-0.2, 0) is 9.59 Å². The second-order valence-corrected chi connectivity index (χ2v) is 5.49. The van der Waals surface area contributed by atoms with Gasteiger partial charge in [-0.05, 0) is 25.8 Å². The predicted molar refractivity (Wildman–Crippen MR) is 81.3 cm³/mol. The summed E-state index contributed by atoms with van der Waals surface area (Å²) in [4.78, 5) is 30.3. The number of anilines is 1. The van der Waals surface area contributed by atoms with E-state index in [0.29, 0.717) is 12.5 Å². The largest absolute Gasteiger partial charge is 0.327 e. The van der Waals surface area contributed by atoms with E-state index in [1.54, 1.807) is 4.90 Å². The van der Waals surface area contributed by atoms with Crippen molar-refractivity contribution in [1.82, 2.24) is 5.32 Å². The quantitative estimate of drug-likeness (QED) is 0.919. The average Bonchev–Trinajstić information content (AvgIpc) is 3.28. The molecule has 0 spiro atoms. The molecule has 2 aliphatic rings. The summed E-state index contributed by atoms with van der Waals surface area (Å²) in [7, 11) is 0. The molecule has 1 unspecified atom stereocenters. The van der Waals surface area contributed by atoms with E-state index in [0.717, 1.165) is 29.8 Å². The lowest BCUT2D eigenvalue weighted by molar-refractivity contribution is -0.126. The Hall–Kier alpha value is -2.17. The molecule has 1 aliphatic carbocycles. The predicted octanol–water partition coefficient (Wildman–Crippen LogP) is 1.71. The van der Waals surface area contributed by atoms with Crippen LogP contribution in [0.2, 0.25) is 0 Å². The second-order valence-electron chi connectivity index (χ2n) is 5.49. The van der Waals surface area contributed by atoms with Crippen LogP contribution < -0.4 is 10.2 Å². The number of para-hydroxylation sites is 1. The highest BCUT2D eigenvalue weighted by Gasteiger charge is 2.36. The molecule has 1 saturated carbocycles. The third kappa shape index (κ3) is 2.55. The summed E-state index contributed by atoms with van der Waals surface area (Å²) in [5.74, 6) is -0.00271. The number of benzene rings is 1. The SMILES string of the molecule is CCN1C(=O)C(NC(C)=O)N=C(C2CC2)c2ccccc21. The summed E-state index contributed by atoms with van der Waals surface area (Å²) in [6, 6.07) is 7.86.